The smallest absolute Gasteiger partial charge is 0.218 e. The summed E-state index contributed by atoms with van der Waals surface area (Å²) in [4.78, 5) is 4.48. The van der Waals surface area contributed by atoms with Crippen molar-refractivity contribution in [2.24, 2.45) is 19.8 Å². The zero-order chi connectivity index (χ0) is 20.4. The van der Waals surface area contributed by atoms with Crippen molar-refractivity contribution < 1.29 is 4.74 Å². The van der Waals surface area contributed by atoms with E-state index in [1.807, 2.05) is 37.5 Å². The summed E-state index contributed by atoms with van der Waals surface area (Å²) in [7, 11) is 3.66. The highest BCUT2D eigenvalue weighted by atomic mass is 16.5. The molecule has 0 saturated carbocycles. The van der Waals surface area contributed by atoms with E-state index in [9.17, 15) is 5.26 Å². The number of aryl methyl sites for hydroxylation is 2. The summed E-state index contributed by atoms with van der Waals surface area (Å²) < 4.78 is 9.53. The van der Waals surface area contributed by atoms with Gasteiger partial charge in [-0.15, -0.1) is 0 Å². The average Bonchev–Trinajstić information content (AvgIpc) is 3.34. The summed E-state index contributed by atoms with van der Waals surface area (Å²) >= 11 is 0. The number of ether oxygens (including phenoxy) is 1. The van der Waals surface area contributed by atoms with Crippen molar-refractivity contribution in [1.29, 1.82) is 5.26 Å². The highest BCUT2D eigenvalue weighted by Crippen LogP contribution is 2.34. The maximum atomic E-state index is 9.31. The summed E-state index contributed by atoms with van der Waals surface area (Å²) in [5.41, 5.74) is 10.2. The third kappa shape index (κ3) is 3.72. The fourth-order valence-corrected chi connectivity index (χ4v) is 2.95. The number of rotatable bonds is 5. The van der Waals surface area contributed by atoms with Crippen LogP contribution in [0.2, 0.25) is 0 Å². The fraction of sp³-hybridized carbons (Fsp3) is 0.143. The average molecular weight is 385 g/mol. The van der Waals surface area contributed by atoms with Crippen molar-refractivity contribution in [3.8, 4) is 40.2 Å². The Morgan fingerprint density at radius 1 is 1.10 bits per heavy atom. The maximum absolute atomic E-state index is 9.31. The second kappa shape index (κ2) is 7.58. The number of benzene rings is 1. The molecule has 0 radical (unpaired) electrons. The van der Waals surface area contributed by atoms with E-state index >= 15 is 0 Å². The van der Waals surface area contributed by atoms with E-state index in [2.05, 4.69) is 21.3 Å². The lowest BCUT2D eigenvalue weighted by Crippen LogP contribution is -1.99. The molecule has 29 heavy (non-hydrogen) atoms. The molecule has 1 aromatic carbocycles. The molecule has 3 heterocycles. The van der Waals surface area contributed by atoms with Crippen molar-refractivity contribution in [2.45, 2.75) is 6.54 Å². The Bertz CT molecular complexity index is 1200. The number of hydrogen-bond donors (Lipinski definition) is 1. The molecule has 144 valence electrons. The molecule has 0 atom stereocenters. The fourth-order valence-electron chi connectivity index (χ4n) is 2.95. The van der Waals surface area contributed by atoms with Crippen LogP contribution in [-0.2, 0) is 20.6 Å². The third-order valence-corrected chi connectivity index (χ3v) is 4.50. The summed E-state index contributed by atoms with van der Waals surface area (Å²) in [6.07, 6.45) is 5.37. The second-order valence-corrected chi connectivity index (χ2v) is 6.57. The van der Waals surface area contributed by atoms with Gasteiger partial charge in [-0.1, -0.05) is 6.07 Å². The molecule has 0 spiro atoms. The first-order chi connectivity index (χ1) is 14.1. The molecule has 0 aliphatic heterocycles. The number of pyridine rings is 1. The molecule has 3 aromatic heterocycles. The first-order valence-corrected chi connectivity index (χ1v) is 8.98. The molecule has 0 unspecified atom stereocenters. The predicted molar refractivity (Wildman–Crippen MR) is 108 cm³/mol. The van der Waals surface area contributed by atoms with E-state index < -0.39 is 0 Å². The molecule has 8 heteroatoms. The first kappa shape index (κ1) is 18.4. The zero-order valence-corrected chi connectivity index (χ0v) is 16.1. The van der Waals surface area contributed by atoms with Gasteiger partial charge in [-0.25, -0.2) is 4.68 Å². The maximum Gasteiger partial charge on any atom is 0.218 e. The molecule has 8 nitrogen and oxygen atoms in total. The summed E-state index contributed by atoms with van der Waals surface area (Å²) in [6.45, 7) is 0.427. The van der Waals surface area contributed by atoms with Crippen LogP contribution in [-0.4, -0.2) is 24.5 Å². The Morgan fingerprint density at radius 2 is 1.97 bits per heavy atom. The Balaban J connectivity index is 1.72. The van der Waals surface area contributed by atoms with Crippen LogP contribution in [0.15, 0.2) is 55.0 Å². The van der Waals surface area contributed by atoms with E-state index in [0.29, 0.717) is 23.7 Å². The lowest BCUT2D eigenvalue weighted by atomic mass is 10.1. The number of hydrogen-bond acceptors (Lipinski definition) is 6. The standard InChI is InChI=1S/C21H19N7O/c1-27-13-16(12-25-27)19-8-21(28(2)26-19)29-20-7-14(9-22)3-5-17(20)18-6-4-15(10-23)11-24-18/h3-8,11-13H,10,23H2,1-2H3. The molecule has 2 N–H and O–H groups in total. The Labute approximate surface area is 167 Å². The van der Waals surface area contributed by atoms with Crippen molar-refractivity contribution in [3.63, 3.8) is 0 Å². The second-order valence-electron chi connectivity index (χ2n) is 6.57. The molecule has 0 saturated heterocycles. The molecular weight excluding hydrogens is 366 g/mol. The summed E-state index contributed by atoms with van der Waals surface area (Å²) in [5.74, 6) is 1.07. The van der Waals surface area contributed by atoms with Crippen LogP contribution in [0.4, 0.5) is 0 Å². The minimum Gasteiger partial charge on any atom is -0.439 e. The predicted octanol–water partition coefficient (Wildman–Crippen LogP) is 3.01. The van der Waals surface area contributed by atoms with Crippen LogP contribution in [0.3, 0.4) is 0 Å². The normalized spacial score (nSPS) is 10.7. The number of nitrogens with zero attached hydrogens (tertiary/aromatic N) is 6. The van der Waals surface area contributed by atoms with Crippen LogP contribution >= 0.6 is 0 Å². The van der Waals surface area contributed by atoms with Crippen LogP contribution in [0.5, 0.6) is 11.6 Å². The van der Waals surface area contributed by atoms with Crippen LogP contribution in [0.25, 0.3) is 22.5 Å². The quantitative estimate of drug-likeness (QED) is 0.566. The zero-order valence-electron chi connectivity index (χ0n) is 16.1. The van der Waals surface area contributed by atoms with Gasteiger partial charge in [-0.3, -0.25) is 9.67 Å². The Morgan fingerprint density at radius 3 is 2.62 bits per heavy atom. The van der Waals surface area contributed by atoms with Gasteiger partial charge < -0.3 is 10.5 Å². The van der Waals surface area contributed by atoms with Gasteiger partial charge in [-0.2, -0.15) is 15.5 Å². The molecular formula is C21H19N7O. The Hall–Kier alpha value is -3.96. The largest absolute Gasteiger partial charge is 0.439 e. The van der Waals surface area contributed by atoms with Gasteiger partial charge in [0.05, 0.1) is 29.2 Å². The molecule has 0 amide bonds. The topological polar surface area (TPSA) is 108 Å². The number of aromatic nitrogens is 5. The number of nitrogens with two attached hydrogens (primary N) is 1. The van der Waals surface area contributed by atoms with Gasteiger partial charge in [-0.05, 0) is 29.8 Å². The summed E-state index contributed by atoms with van der Waals surface area (Å²) in [5, 5.41) is 18.0. The lowest BCUT2D eigenvalue weighted by Gasteiger charge is -2.11. The van der Waals surface area contributed by atoms with Gasteiger partial charge in [0.15, 0.2) is 0 Å². The first-order valence-electron chi connectivity index (χ1n) is 8.98. The van der Waals surface area contributed by atoms with E-state index in [-0.39, 0.29) is 0 Å². The van der Waals surface area contributed by atoms with Crippen molar-refractivity contribution in [3.05, 3.63) is 66.1 Å². The molecule has 4 rings (SSSR count). The van der Waals surface area contributed by atoms with E-state index in [1.165, 1.54) is 0 Å². The molecule has 0 aliphatic rings. The van der Waals surface area contributed by atoms with Gasteiger partial charge in [0.1, 0.15) is 5.75 Å². The highest BCUT2D eigenvalue weighted by molar-refractivity contribution is 5.69. The minimum absolute atomic E-state index is 0.427. The molecule has 0 fully saturated rings. The van der Waals surface area contributed by atoms with Crippen molar-refractivity contribution in [2.75, 3.05) is 0 Å². The van der Waals surface area contributed by atoms with E-state index in [0.717, 1.165) is 28.1 Å². The monoisotopic (exact) mass is 385 g/mol. The van der Waals surface area contributed by atoms with Crippen molar-refractivity contribution >= 4 is 0 Å². The minimum atomic E-state index is 0.427. The SMILES string of the molecule is Cn1cc(-c2cc(Oc3cc(C#N)ccc3-c3ccc(CN)cn3)n(C)n2)cn1. The lowest BCUT2D eigenvalue weighted by molar-refractivity contribution is 0.432. The molecule has 0 bridgehead atoms. The third-order valence-electron chi connectivity index (χ3n) is 4.50. The van der Waals surface area contributed by atoms with Crippen molar-refractivity contribution in [1.82, 2.24) is 24.5 Å². The van der Waals surface area contributed by atoms with Gasteiger partial charge >= 0.3 is 0 Å². The number of nitriles is 1. The van der Waals surface area contributed by atoms with Crippen LogP contribution in [0.1, 0.15) is 11.1 Å². The molecule has 0 aliphatic carbocycles. The Kier molecular flexibility index (Phi) is 4.81. The summed E-state index contributed by atoms with van der Waals surface area (Å²) in [6, 6.07) is 13.1. The van der Waals surface area contributed by atoms with Crippen LogP contribution in [0, 0.1) is 11.3 Å². The van der Waals surface area contributed by atoms with Crippen LogP contribution < -0.4 is 10.5 Å². The van der Waals surface area contributed by atoms with E-state index in [1.54, 1.807) is 40.9 Å². The van der Waals surface area contributed by atoms with Gasteiger partial charge in [0, 0.05) is 50.2 Å². The molecule has 4 aromatic rings. The van der Waals surface area contributed by atoms with Gasteiger partial charge in [0.2, 0.25) is 5.88 Å². The highest BCUT2D eigenvalue weighted by Gasteiger charge is 2.15. The van der Waals surface area contributed by atoms with E-state index in [4.69, 9.17) is 10.5 Å². The van der Waals surface area contributed by atoms with Gasteiger partial charge in [0.25, 0.3) is 0 Å².